The van der Waals surface area contributed by atoms with Crippen molar-refractivity contribution in [3.63, 3.8) is 0 Å². The summed E-state index contributed by atoms with van der Waals surface area (Å²) in [5.41, 5.74) is 3.19. The molecule has 2 amide bonds. The maximum Gasteiger partial charge on any atom is 0.254 e. The number of hydrogen-bond donors (Lipinski definition) is 1. The molecule has 0 bridgehead atoms. The Labute approximate surface area is 201 Å². The Balaban J connectivity index is 1.83. The SMILES string of the molecule is CCCN(CC(=O)Nc1cc(C(C)(C)C)nn1-c1ccc(C)cc1)C(=O)c1ccc(OC)cc1. The lowest BCUT2D eigenvalue weighted by Crippen LogP contribution is -2.38. The van der Waals surface area contributed by atoms with E-state index in [1.807, 2.05) is 44.2 Å². The van der Waals surface area contributed by atoms with Crippen LogP contribution in [-0.4, -0.2) is 46.7 Å². The van der Waals surface area contributed by atoms with Crippen LogP contribution >= 0.6 is 0 Å². The van der Waals surface area contributed by atoms with Crippen LogP contribution in [0.3, 0.4) is 0 Å². The average Bonchev–Trinajstić information content (AvgIpc) is 3.23. The zero-order chi connectivity index (χ0) is 24.9. The fourth-order valence-electron chi connectivity index (χ4n) is 3.51. The van der Waals surface area contributed by atoms with Gasteiger partial charge in [-0.15, -0.1) is 0 Å². The first-order valence-electron chi connectivity index (χ1n) is 11.5. The molecular weight excluding hydrogens is 428 g/mol. The van der Waals surface area contributed by atoms with Gasteiger partial charge in [-0.1, -0.05) is 45.4 Å². The number of amides is 2. The minimum absolute atomic E-state index is 0.0529. The minimum atomic E-state index is -0.274. The smallest absolute Gasteiger partial charge is 0.254 e. The lowest BCUT2D eigenvalue weighted by atomic mass is 9.92. The normalized spacial score (nSPS) is 11.2. The van der Waals surface area contributed by atoms with Gasteiger partial charge in [0.25, 0.3) is 5.91 Å². The first-order valence-corrected chi connectivity index (χ1v) is 11.5. The maximum absolute atomic E-state index is 13.1. The first kappa shape index (κ1) is 25.0. The third-order valence-electron chi connectivity index (χ3n) is 5.48. The molecule has 3 aromatic rings. The van der Waals surface area contributed by atoms with Gasteiger partial charge >= 0.3 is 0 Å². The summed E-state index contributed by atoms with van der Waals surface area (Å²) in [6.45, 7) is 10.7. The number of nitrogens with zero attached hydrogens (tertiary/aromatic N) is 3. The van der Waals surface area contributed by atoms with Crippen molar-refractivity contribution in [2.45, 2.75) is 46.5 Å². The number of carbonyl (C=O) groups excluding carboxylic acids is 2. The molecule has 1 heterocycles. The number of nitrogens with one attached hydrogen (secondary N) is 1. The fraction of sp³-hybridized carbons (Fsp3) is 0.370. The number of benzene rings is 2. The second-order valence-corrected chi connectivity index (χ2v) is 9.42. The minimum Gasteiger partial charge on any atom is -0.497 e. The summed E-state index contributed by atoms with van der Waals surface area (Å²) >= 11 is 0. The Kier molecular flexibility index (Phi) is 7.76. The van der Waals surface area contributed by atoms with Gasteiger partial charge in [0.05, 0.1) is 18.5 Å². The number of ether oxygens (including phenoxy) is 1. The Bertz CT molecular complexity index is 1130. The molecule has 0 radical (unpaired) electrons. The Morgan fingerprint density at radius 1 is 1.06 bits per heavy atom. The van der Waals surface area contributed by atoms with Gasteiger partial charge in [-0.3, -0.25) is 9.59 Å². The molecule has 7 nitrogen and oxygen atoms in total. The molecule has 0 saturated heterocycles. The van der Waals surface area contributed by atoms with Gasteiger partial charge in [-0.2, -0.15) is 5.10 Å². The monoisotopic (exact) mass is 462 g/mol. The molecule has 0 saturated carbocycles. The summed E-state index contributed by atoms with van der Waals surface area (Å²) in [6, 6.07) is 16.8. The Morgan fingerprint density at radius 3 is 2.26 bits per heavy atom. The number of hydrogen-bond acceptors (Lipinski definition) is 4. The highest BCUT2D eigenvalue weighted by Crippen LogP contribution is 2.26. The van der Waals surface area contributed by atoms with E-state index in [2.05, 4.69) is 26.1 Å². The molecule has 0 unspecified atom stereocenters. The molecule has 1 aromatic heterocycles. The average molecular weight is 463 g/mol. The van der Waals surface area contributed by atoms with Gasteiger partial charge in [0.2, 0.25) is 5.91 Å². The van der Waals surface area contributed by atoms with Crippen LogP contribution in [0.2, 0.25) is 0 Å². The zero-order valence-electron chi connectivity index (χ0n) is 20.9. The second kappa shape index (κ2) is 10.5. The van der Waals surface area contributed by atoms with Crippen molar-refractivity contribution in [2.75, 3.05) is 25.5 Å². The molecule has 0 aliphatic carbocycles. The van der Waals surface area contributed by atoms with Crippen LogP contribution in [0.1, 0.15) is 55.7 Å². The van der Waals surface area contributed by atoms with Crippen molar-refractivity contribution in [2.24, 2.45) is 0 Å². The van der Waals surface area contributed by atoms with E-state index in [9.17, 15) is 9.59 Å². The van der Waals surface area contributed by atoms with Crippen molar-refractivity contribution < 1.29 is 14.3 Å². The van der Waals surface area contributed by atoms with Crippen LogP contribution < -0.4 is 10.1 Å². The molecule has 34 heavy (non-hydrogen) atoms. The number of aromatic nitrogens is 2. The predicted octanol–water partition coefficient (Wildman–Crippen LogP) is 4.98. The summed E-state index contributed by atoms with van der Waals surface area (Å²) < 4.78 is 6.91. The van der Waals surface area contributed by atoms with E-state index in [0.29, 0.717) is 23.7 Å². The number of carbonyl (C=O) groups is 2. The van der Waals surface area contributed by atoms with E-state index >= 15 is 0 Å². The third kappa shape index (κ3) is 6.04. The number of rotatable bonds is 8. The lowest BCUT2D eigenvalue weighted by molar-refractivity contribution is -0.116. The van der Waals surface area contributed by atoms with Gasteiger partial charge in [0.15, 0.2) is 0 Å². The predicted molar refractivity (Wildman–Crippen MR) is 135 cm³/mol. The first-order chi connectivity index (χ1) is 16.1. The van der Waals surface area contributed by atoms with Crippen molar-refractivity contribution in [3.8, 4) is 11.4 Å². The highest BCUT2D eigenvalue weighted by Gasteiger charge is 2.23. The number of aryl methyl sites for hydroxylation is 1. The summed E-state index contributed by atoms with van der Waals surface area (Å²) in [7, 11) is 1.58. The largest absolute Gasteiger partial charge is 0.497 e. The molecule has 0 spiro atoms. The fourth-order valence-corrected chi connectivity index (χ4v) is 3.51. The maximum atomic E-state index is 13.1. The lowest BCUT2D eigenvalue weighted by Gasteiger charge is -2.22. The van der Waals surface area contributed by atoms with Gasteiger partial charge in [-0.25, -0.2) is 4.68 Å². The van der Waals surface area contributed by atoms with E-state index < -0.39 is 0 Å². The van der Waals surface area contributed by atoms with Crippen LogP contribution in [0.5, 0.6) is 5.75 Å². The topological polar surface area (TPSA) is 76.5 Å². The van der Waals surface area contributed by atoms with Gasteiger partial charge in [0.1, 0.15) is 18.1 Å². The van der Waals surface area contributed by atoms with E-state index in [4.69, 9.17) is 9.84 Å². The van der Waals surface area contributed by atoms with Gasteiger partial charge < -0.3 is 15.0 Å². The molecule has 0 aliphatic rings. The second-order valence-electron chi connectivity index (χ2n) is 9.42. The molecule has 0 fully saturated rings. The Morgan fingerprint density at radius 2 is 1.71 bits per heavy atom. The molecular formula is C27H34N4O3. The van der Waals surface area contributed by atoms with Crippen LogP contribution in [0, 0.1) is 6.92 Å². The molecule has 1 N–H and O–H groups in total. The van der Waals surface area contributed by atoms with Gasteiger partial charge in [-0.05, 0) is 49.7 Å². The number of methoxy groups -OCH3 is 1. The van der Waals surface area contributed by atoms with Crippen LogP contribution in [0.15, 0.2) is 54.6 Å². The summed E-state index contributed by atoms with van der Waals surface area (Å²) in [4.78, 5) is 27.7. The van der Waals surface area contributed by atoms with E-state index in [0.717, 1.165) is 23.4 Å². The molecule has 0 atom stereocenters. The standard InChI is InChI=1S/C27H34N4O3/c1-7-16-30(26(33)20-10-14-22(34-6)15-11-20)18-25(32)28-24-17-23(27(3,4)5)29-31(24)21-12-8-19(2)9-13-21/h8-15,17H,7,16,18H2,1-6H3,(H,28,32). The molecule has 180 valence electrons. The van der Waals surface area contributed by atoms with Crippen LogP contribution in [-0.2, 0) is 10.2 Å². The highest BCUT2D eigenvalue weighted by molar-refractivity contribution is 5.99. The van der Waals surface area contributed by atoms with Crippen molar-refractivity contribution in [1.82, 2.24) is 14.7 Å². The van der Waals surface area contributed by atoms with Crippen molar-refractivity contribution >= 4 is 17.6 Å². The van der Waals surface area contributed by atoms with E-state index in [1.165, 1.54) is 0 Å². The van der Waals surface area contributed by atoms with Crippen molar-refractivity contribution in [1.29, 1.82) is 0 Å². The van der Waals surface area contributed by atoms with E-state index in [1.54, 1.807) is 41.0 Å². The molecule has 2 aromatic carbocycles. The third-order valence-corrected chi connectivity index (χ3v) is 5.48. The quantitative estimate of drug-likeness (QED) is 0.512. The summed E-state index contributed by atoms with van der Waals surface area (Å²) in [6.07, 6.45) is 0.741. The van der Waals surface area contributed by atoms with Crippen LogP contribution in [0.25, 0.3) is 5.69 Å². The molecule has 7 heteroatoms. The summed E-state index contributed by atoms with van der Waals surface area (Å²) in [5.74, 6) is 0.786. The van der Waals surface area contributed by atoms with Crippen molar-refractivity contribution in [3.05, 3.63) is 71.4 Å². The number of anilines is 1. The molecule has 3 rings (SSSR count). The van der Waals surface area contributed by atoms with Gasteiger partial charge in [0, 0.05) is 23.6 Å². The molecule has 0 aliphatic heterocycles. The van der Waals surface area contributed by atoms with E-state index in [-0.39, 0.29) is 23.8 Å². The summed E-state index contributed by atoms with van der Waals surface area (Å²) in [5, 5.41) is 7.74. The highest BCUT2D eigenvalue weighted by atomic mass is 16.5. The Hall–Kier alpha value is -3.61. The van der Waals surface area contributed by atoms with Crippen LogP contribution in [0.4, 0.5) is 5.82 Å². The zero-order valence-corrected chi connectivity index (χ0v) is 20.9.